The number of amides is 1. The smallest absolute Gasteiger partial charge is 0.282 e. The van der Waals surface area contributed by atoms with E-state index in [9.17, 15) is 23.3 Å². The standard InChI is InChI=1S/C19H29N5O6S/c1-14-11-23(12-15(2)30-14)31(28,29)22-9-7-21(8-10-22)13-19(25)20-17-5-4-6-18(16(17)3)24(26)27/h4-6,14-15H,7-13H2,1-3H3,(H,20,25). The van der Waals surface area contributed by atoms with Crippen molar-refractivity contribution in [2.75, 3.05) is 51.1 Å². The molecule has 31 heavy (non-hydrogen) atoms. The normalized spacial score (nSPS) is 24.1. The van der Waals surface area contributed by atoms with Crippen LogP contribution in [0.5, 0.6) is 0 Å². The van der Waals surface area contributed by atoms with Crippen LogP contribution in [0, 0.1) is 17.0 Å². The first-order valence-corrected chi connectivity index (χ1v) is 11.6. The van der Waals surface area contributed by atoms with Crippen LogP contribution in [-0.2, 0) is 19.7 Å². The molecule has 1 amide bonds. The maximum Gasteiger partial charge on any atom is 0.282 e. The second-order valence-corrected chi connectivity index (χ2v) is 9.94. The first-order valence-electron chi connectivity index (χ1n) is 10.2. The number of rotatable bonds is 6. The summed E-state index contributed by atoms with van der Waals surface area (Å²) in [6.45, 7) is 7.50. The predicted molar refractivity (Wildman–Crippen MR) is 115 cm³/mol. The molecule has 0 saturated carbocycles. The lowest BCUT2D eigenvalue weighted by Crippen LogP contribution is -2.57. The lowest BCUT2D eigenvalue weighted by atomic mass is 10.1. The predicted octanol–water partition coefficient (Wildman–Crippen LogP) is 0.813. The van der Waals surface area contributed by atoms with Crippen molar-refractivity contribution in [2.45, 2.75) is 33.0 Å². The molecule has 0 radical (unpaired) electrons. The fourth-order valence-electron chi connectivity index (χ4n) is 3.95. The number of morpholine rings is 1. The summed E-state index contributed by atoms with van der Waals surface area (Å²) >= 11 is 0. The van der Waals surface area contributed by atoms with Crippen LogP contribution >= 0.6 is 0 Å². The molecule has 2 unspecified atom stereocenters. The van der Waals surface area contributed by atoms with Crippen LogP contribution in [0.3, 0.4) is 0 Å². The summed E-state index contributed by atoms with van der Waals surface area (Å²) in [5, 5.41) is 13.8. The van der Waals surface area contributed by atoms with E-state index in [2.05, 4.69) is 5.32 Å². The van der Waals surface area contributed by atoms with Crippen molar-refractivity contribution in [1.82, 2.24) is 13.5 Å². The van der Waals surface area contributed by atoms with Crippen LogP contribution in [0.4, 0.5) is 11.4 Å². The van der Waals surface area contributed by atoms with Gasteiger partial charge < -0.3 is 10.1 Å². The lowest BCUT2D eigenvalue weighted by molar-refractivity contribution is -0.385. The van der Waals surface area contributed by atoms with E-state index in [1.54, 1.807) is 13.0 Å². The summed E-state index contributed by atoms with van der Waals surface area (Å²) in [5.74, 6) is -0.296. The highest BCUT2D eigenvalue weighted by molar-refractivity contribution is 7.86. The van der Waals surface area contributed by atoms with Crippen LogP contribution in [-0.4, -0.2) is 90.8 Å². The molecule has 1 aromatic carbocycles. The molecule has 12 heteroatoms. The minimum atomic E-state index is -3.57. The van der Waals surface area contributed by atoms with Crippen molar-refractivity contribution in [3.05, 3.63) is 33.9 Å². The first-order chi connectivity index (χ1) is 14.6. The molecule has 2 atom stereocenters. The van der Waals surface area contributed by atoms with E-state index in [4.69, 9.17) is 4.74 Å². The van der Waals surface area contributed by atoms with E-state index in [0.29, 0.717) is 50.5 Å². The van der Waals surface area contributed by atoms with Gasteiger partial charge in [-0.2, -0.15) is 17.0 Å². The molecule has 2 aliphatic rings. The third kappa shape index (κ3) is 5.57. The molecular formula is C19H29N5O6S. The summed E-state index contributed by atoms with van der Waals surface area (Å²) in [6.07, 6.45) is -0.304. The Balaban J connectivity index is 1.54. The number of nitro groups is 1. The molecule has 2 aliphatic heterocycles. The van der Waals surface area contributed by atoms with Crippen molar-refractivity contribution < 1.29 is 22.9 Å². The molecule has 172 valence electrons. The van der Waals surface area contributed by atoms with Gasteiger partial charge in [0.15, 0.2) is 0 Å². The fourth-order valence-corrected chi connectivity index (χ4v) is 5.70. The summed E-state index contributed by atoms with van der Waals surface area (Å²) < 4.78 is 34.5. The average Bonchev–Trinajstić information content (AvgIpc) is 2.69. The van der Waals surface area contributed by atoms with Crippen molar-refractivity contribution in [1.29, 1.82) is 0 Å². The summed E-state index contributed by atoms with van der Waals surface area (Å²) in [4.78, 5) is 24.9. The van der Waals surface area contributed by atoms with Gasteiger partial charge in [-0.15, -0.1) is 0 Å². The van der Waals surface area contributed by atoms with Crippen molar-refractivity contribution in [3.63, 3.8) is 0 Å². The molecule has 1 N–H and O–H groups in total. The molecule has 0 aliphatic carbocycles. The molecule has 2 fully saturated rings. The van der Waals surface area contributed by atoms with Crippen LogP contribution in [0.15, 0.2) is 18.2 Å². The van der Waals surface area contributed by atoms with Crippen LogP contribution in [0.2, 0.25) is 0 Å². The second kappa shape index (κ2) is 9.57. The van der Waals surface area contributed by atoms with Crippen molar-refractivity contribution >= 4 is 27.5 Å². The lowest BCUT2D eigenvalue weighted by Gasteiger charge is -2.40. The fraction of sp³-hybridized carbons (Fsp3) is 0.632. The molecule has 2 heterocycles. The molecule has 0 spiro atoms. The van der Waals surface area contributed by atoms with Gasteiger partial charge in [-0.3, -0.25) is 19.8 Å². The summed E-state index contributed by atoms with van der Waals surface area (Å²) in [5.41, 5.74) is 0.741. The van der Waals surface area contributed by atoms with Gasteiger partial charge in [0.1, 0.15) is 0 Å². The van der Waals surface area contributed by atoms with E-state index in [1.165, 1.54) is 20.7 Å². The number of piperazine rings is 1. The third-order valence-electron chi connectivity index (χ3n) is 5.51. The van der Waals surface area contributed by atoms with Gasteiger partial charge in [0.2, 0.25) is 5.91 Å². The number of carbonyl (C=O) groups excluding carboxylic acids is 1. The van der Waals surface area contributed by atoms with Crippen molar-refractivity contribution in [3.8, 4) is 0 Å². The van der Waals surface area contributed by atoms with Gasteiger partial charge in [0.05, 0.1) is 34.9 Å². The molecule has 0 aromatic heterocycles. The van der Waals surface area contributed by atoms with Gasteiger partial charge in [0.25, 0.3) is 15.9 Å². The number of ether oxygens (including phenoxy) is 1. The van der Waals surface area contributed by atoms with E-state index in [0.717, 1.165) is 0 Å². The minimum Gasteiger partial charge on any atom is -0.373 e. The van der Waals surface area contributed by atoms with Crippen molar-refractivity contribution in [2.24, 2.45) is 0 Å². The minimum absolute atomic E-state index is 0.0524. The van der Waals surface area contributed by atoms with E-state index in [-0.39, 0.29) is 30.3 Å². The van der Waals surface area contributed by atoms with Crippen LogP contribution < -0.4 is 5.32 Å². The van der Waals surface area contributed by atoms with Crippen LogP contribution in [0.25, 0.3) is 0 Å². The zero-order valence-electron chi connectivity index (χ0n) is 18.0. The molecular weight excluding hydrogens is 426 g/mol. The zero-order chi connectivity index (χ0) is 22.8. The zero-order valence-corrected chi connectivity index (χ0v) is 18.8. The molecule has 0 bridgehead atoms. The molecule has 2 saturated heterocycles. The average molecular weight is 456 g/mol. The third-order valence-corrected chi connectivity index (χ3v) is 7.48. The Labute approximate surface area is 182 Å². The van der Waals surface area contributed by atoms with E-state index in [1.807, 2.05) is 18.7 Å². The maximum atomic E-state index is 13.0. The monoisotopic (exact) mass is 455 g/mol. The quantitative estimate of drug-likeness (QED) is 0.497. The largest absolute Gasteiger partial charge is 0.373 e. The summed E-state index contributed by atoms with van der Waals surface area (Å²) in [6, 6.07) is 4.54. The highest BCUT2D eigenvalue weighted by Gasteiger charge is 2.36. The van der Waals surface area contributed by atoms with Crippen LogP contribution in [0.1, 0.15) is 19.4 Å². The summed E-state index contributed by atoms with van der Waals surface area (Å²) in [7, 11) is -3.57. The number of nitrogens with zero attached hydrogens (tertiary/aromatic N) is 4. The Hall–Kier alpha value is -2.12. The number of hydrogen-bond donors (Lipinski definition) is 1. The first kappa shape index (κ1) is 23.5. The van der Waals surface area contributed by atoms with Gasteiger partial charge in [-0.25, -0.2) is 0 Å². The van der Waals surface area contributed by atoms with Gasteiger partial charge in [-0.05, 0) is 26.8 Å². The second-order valence-electron chi connectivity index (χ2n) is 8.01. The highest BCUT2D eigenvalue weighted by atomic mass is 32.2. The SMILES string of the molecule is Cc1c(NC(=O)CN2CCN(S(=O)(=O)N3CC(C)OC(C)C3)CC2)cccc1[N+](=O)[O-]. The Morgan fingerprint density at radius 3 is 2.35 bits per heavy atom. The Kier molecular flexibility index (Phi) is 7.27. The number of nitrogens with one attached hydrogen (secondary N) is 1. The number of hydrogen-bond acceptors (Lipinski definition) is 7. The number of nitro benzene ring substituents is 1. The number of benzene rings is 1. The number of carbonyl (C=O) groups is 1. The molecule has 1 aromatic rings. The maximum absolute atomic E-state index is 13.0. The Bertz CT molecular complexity index is 922. The molecule has 3 rings (SSSR count). The van der Waals surface area contributed by atoms with E-state index < -0.39 is 15.1 Å². The van der Waals surface area contributed by atoms with E-state index >= 15 is 0 Å². The van der Waals surface area contributed by atoms with Gasteiger partial charge in [0, 0.05) is 45.3 Å². The van der Waals surface area contributed by atoms with Gasteiger partial charge in [-0.1, -0.05) is 6.07 Å². The Morgan fingerprint density at radius 2 is 1.77 bits per heavy atom. The Morgan fingerprint density at radius 1 is 1.16 bits per heavy atom. The highest BCUT2D eigenvalue weighted by Crippen LogP contribution is 2.25. The number of anilines is 1. The topological polar surface area (TPSA) is 125 Å². The van der Waals surface area contributed by atoms with Gasteiger partial charge >= 0.3 is 0 Å². The molecule has 11 nitrogen and oxygen atoms in total.